The van der Waals surface area contributed by atoms with Crippen LogP contribution in [0.4, 0.5) is 0 Å². The summed E-state index contributed by atoms with van der Waals surface area (Å²) in [5.41, 5.74) is 2.90. The maximum atomic E-state index is 4.58. The van der Waals surface area contributed by atoms with Crippen molar-refractivity contribution in [2.24, 2.45) is 0 Å². The smallest absolute Gasteiger partial charge is 0.0613 e. The van der Waals surface area contributed by atoms with Crippen LogP contribution in [0, 0.1) is 0 Å². The number of rotatable bonds is 1. The first-order chi connectivity index (χ1) is 7.45. The van der Waals surface area contributed by atoms with Crippen LogP contribution < -0.4 is 5.32 Å². The maximum absolute atomic E-state index is 4.58. The van der Waals surface area contributed by atoms with Crippen LogP contribution in [0.2, 0.25) is 0 Å². The van der Waals surface area contributed by atoms with Gasteiger partial charge in [-0.2, -0.15) is 16.9 Å². The minimum atomic E-state index is 0.658. The second-order valence-corrected chi connectivity index (χ2v) is 5.51. The van der Waals surface area contributed by atoms with Crippen LogP contribution >= 0.6 is 11.8 Å². The lowest BCUT2D eigenvalue weighted by molar-refractivity contribution is 0.432. The quantitative estimate of drug-likeness (QED) is 0.784. The highest BCUT2D eigenvalue weighted by atomic mass is 32.2. The molecule has 0 bridgehead atoms. The molecule has 0 spiro atoms. The molecule has 1 atom stereocenters. The molecule has 0 saturated carbocycles. The fourth-order valence-corrected chi connectivity index (χ4v) is 3.62. The van der Waals surface area contributed by atoms with E-state index in [4.69, 9.17) is 0 Å². The monoisotopic (exact) mass is 223 g/mol. The van der Waals surface area contributed by atoms with Gasteiger partial charge in [-0.25, -0.2) is 0 Å². The predicted molar refractivity (Wildman–Crippen MR) is 63.2 cm³/mol. The van der Waals surface area contributed by atoms with E-state index < -0.39 is 0 Å². The fraction of sp³-hybridized carbons (Fsp3) is 0.727. The summed E-state index contributed by atoms with van der Waals surface area (Å²) < 4.78 is 2.31. The van der Waals surface area contributed by atoms with E-state index in [-0.39, 0.29) is 0 Å². The molecular formula is C11H17N3S. The molecule has 4 heteroatoms. The van der Waals surface area contributed by atoms with Crippen molar-refractivity contribution in [1.82, 2.24) is 15.1 Å². The highest BCUT2D eigenvalue weighted by molar-refractivity contribution is 7.99. The van der Waals surface area contributed by atoms with E-state index in [1.165, 1.54) is 35.6 Å². The van der Waals surface area contributed by atoms with Gasteiger partial charge in [0.25, 0.3) is 0 Å². The molecule has 3 heterocycles. The molecule has 1 fully saturated rings. The van der Waals surface area contributed by atoms with E-state index in [9.17, 15) is 0 Å². The van der Waals surface area contributed by atoms with Gasteiger partial charge in [0, 0.05) is 36.5 Å². The number of fused-ring (bicyclic) bond motifs is 1. The molecule has 15 heavy (non-hydrogen) atoms. The lowest BCUT2D eigenvalue weighted by atomic mass is 10.1. The molecule has 0 amide bonds. The molecule has 0 radical (unpaired) electrons. The summed E-state index contributed by atoms with van der Waals surface area (Å²) in [6.07, 6.45) is 5.87. The van der Waals surface area contributed by atoms with Gasteiger partial charge >= 0.3 is 0 Å². The zero-order chi connectivity index (χ0) is 10.1. The van der Waals surface area contributed by atoms with Gasteiger partial charge in [0.15, 0.2) is 0 Å². The van der Waals surface area contributed by atoms with E-state index >= 15 is 0 Å². The third-order valence-electron chi connectivity index (χ3n) is 3.32. The first-order valence-corrected chi connectivity index (χ1v) is 6.94. The van der Waals surface area contributed by atoms with Crippen molar-refractivity contribution in [1.29, 1.82) is 0 Å². The average molecular weight is 223 g/mol. The lowest BCUT2D eigenvalue weighted by Crippen LogP contribution is -2.27. The first kappa shape index (κ1) is 9.73. The van der Waals surface area contributed by atoms with Crippen molar-refractivity contribution < 1.29 is 0 Å². The van der Waals surface area contributed by atoms with Crippen LogP contribution in [-0.4, -0.2) is 27.8 Å². The van der Waals surface area contributed by atoms with E-state index in [1.54, 1.807) is 0 Å². The number of nitrogens with one attached hydrogen (secondary N) is 1. The highest BCUT2D eigenvalue weighted by Gasteiger charge is 2.22. The molecule has 2 aliphatic rings. The Hall–Kier alpha value is -0.480. The maximum Gasteiger partial charge on any atom is 0.0613 e. The third kappa shape index (κ3) is 1.81. The molecule has 1 unspecified atom stereocenters. The van der Waals surface area contributed by atoms with Crippen molar-refractivity contribution in [3.63, 3.8) is 0 Å². The van der Waals surface area contributed by atoms with E-state index in [2.05, 4.69) is 33.1 Å². The van der Waals surface area contributed by atoms with Crippen LogP contribution in [0.1, 0.15) is 30.1 Å². The Labute approximate surface area is 94.6 Å². The van der Waals surface area contributed by atoms with E-state index in [0.717, 1.165) is 19.5 Å². The fourth-order valence-electron chi connectivity index (χ4n) is 2.51. The Morgan fingerprint density at radius 1 is 1.53 bits per heavy atom. The molecule has 82 valence electrons. The van der Waals surface area contributed by atoms with Gasteiger partial charge < -0.3 is 5.32 Å². The largest absolute Gasteiger partial charge is 0.312 e. The zero-order valence-corrected chi connectivity index (χ0v) is 9.72. The minimum absolute atomic E-state index is 0.658. The lowest BCUT2D eigenvalue weighted by Gasteiger charge is -2.25. The van der Waals surface area contributed by atoms with E-state index in [1.807, 2.05) is 0 Å². The van der Waals surface area contributed by atoms with Crippen molar-refractivity contribution in [3.8, 4) is 0 Å². The molecule has 1 aromatic heterocycles. The number of aromatic nitrogens is 2. The molecule has 1 N–H and O–H groups in total. The second-order valence-electron chi connectivity index (χ2n) is 4.36. The van der Waals surface area contributed by atoms with Crippen LogP contribution in [0.25, 0.3) is 0 Å². The van der Waals surface area contributed by atoms with E-state index in [0.29, 0.717) is 6.04 Å². The Kier molecular flexibility index (Phi) is 2.71. The van der Waals surface area contributed by atoms with Crippen molar-refractivity contribution in [3.05, 3.63) is 17.5 Å². The molecule has 0 aliphatic carbocycles. The topological polar surface area (TPSA) is 29.9 Å². The van der Waals surface area contributed by atoms with Gasteiger partial charge in [-0.1, -0.05) is 0 Å². The summed E-state index contributed by atoms with van der Waals surface area (Å²) >= 11 is 2.08. The molecule has 3 nitrogen and oxygen atoms in total. The van der Waals surface area contributed by atoms with Crippen LogP contribution in [0.5, 0.6) is 0 Å². The third-order valence-corrected chi connectivity index (χ3v) is 4.52. The van der Waals surface area contributed by atoms with Gasteiger partial charge in [-0.3, -0.25) is 4.68 Å². The first-order valence-electron chi connectivity index (χ1n) is 5.79. The number of thioether (sulfide) groups is 1. The van der Waals surface area contributed by atoms with Gasteiger partial charge in [-0.05, 0) is 18.6 Å². The highest BCUT2D eigenvalue weighted by Crippen LogP contribution is 2.28. The molecule has 1 saturated heterocycles. The Balaban J connectivity index is 1.87. The summed E-state index contributed by atoms with van der Waals surface area (Å²) in [5.74, 6) is 2.59. The molecular weight excluding hydrogens is 206 g/mol. The van der Waals surface area contributed by atoms with Gasteiger partial charge in [0.2, 0.25) is 0 Å². The van der Waals surface area contributed by atoms with Gasteiger partial charge in [0.05, 0.1) is 12.2 Å². The number of hydrogen-bond acceptors (Lipinski definition) is 3. The van der Waals surface area contributed by atoms with Crippen molar-refractivity contribution in [2.75, 3.05) is 18.1 Å². The summed E-state index contributed by atoms with van der Waals surface area (Å²) in [5, 5.41) is 7.98. The van der Waals surface area contributed by atoms with Gasteiger partial charge in [-0.15, -0.1) is 0 Å². The van der Waals surface area contributed by atoms with Gasteiger partial charge in [0.1, 0.15) is 0 Å². The Bertz CT molecular complexity index is 342. The van der Waals surface area contributed by atoms with Crippen molar-refractivity contribution >= 4 is 11.8 Å². The SMILES string of the molecule is c1nn(C2CCCSC2)c2c1CNCC2. The predicted octanol–water partition coefficient (Wildman–Crippen LogP) is 1.60. The Morgan fingerprint density at radius 3 is 3.40 bits per heavy atom. The summed E-state index contributed by atoms with van der Waals surface area (Å²) in [6.45, 7) is 2.12. The van der Waals surface area contributed by atoms with Crippen LogP contribution in [-0.2, 0) is 13.0 Å². The Morgan fingerprint density at radius 2 is 2.53 bits per heavy atom. The number of hydrogen-bond donors (Lipinski definition) is 1. The standard InChI is InChI=1S/C11H17N3S/c1-2-10(8-15-5-1)14-11-3-4-12-6-9(11)7-13-14/h7,10,12H,1-6,8H2. The molecule has 1 aromatic rings. The zero-order valence-electron chi connectivity index (χ0n) is 8.91. The average Bonchev–Trinajstić information content (AvgIpc) is 2.74. The minimum Gasteiger partial charge on any atom is -0.312 e. The number of nitrogens with zero attached hydrogens (tertiary/aromatic N) is 2. The molecule has 2 aliphatic heterocycles. The summed E-state index contributed by atoms with van der Waals surface area (Å²) in [4.78, 5) is 0. The van der Waals surface area contributed by atoms with Crippen LogP contribution in [0.3, 0.4) is 0 Å². The normalized spacial score (nSPS) is 26.3. The second kappa shape index (κ2) is 4.18. The summed E-state index contributed by atoms with van der Waals surface area (Å²) in [6, 6.07) is 0.658. The molecule has 3 rings (SSSR count). The summed E-state index contributed by atoms with van der Waals surface area (Å²) in [7, 11) is 0. The van der Waals surface area contributed by atoms with Crippen molar-refractivity contribution in [2.45, 2.75) is 31.8 Å². The van der Waals surface area contributed by atoms with Crippen LogP contribution in [0.15, 0.2) is 6.20 Å². The molecule has 0 aromatic carbocycles.